The average Bonchev–Trinajstić information content (AvgIpc) is 2.73. The van der Waals surface area contributed by atoms with Crippen LogP contribution in [0.25, 0.3) is 10.9 Å². The van der Waals surface area contributed by atoms with Crippen LogP contribution >= 0.6 is 0 Å². The lowest BCUT2D eigenvalue weighted by Crippen LogP contribution is -2.05. The van der Waals surface area contributed by atoms with Crippen molar-refractivity contribution in [2.75, 3.05) is 17.7 Å². The standard InChI is InChI=1S/C21H19N5O/c1-27-18-10-3-2-6-16(18)14-24-19-11-13-23-21(26-19)25-17-9-4-7-15-8-5-12-22-20(15)17/h2-13H,14H2,1H3,(H2,23,24,25,26). The molecule has 0 atom stereocenters. The summed E-state index contributed by atoms with van der Waals surface area (Å²) in [6.07, 6.45) is 3.50. The molecule has 0 amide bonds. The first kappa shape index (κ1) is 16.8. The smallest absolute Gasteiger partial charge is 0.229 e. The van der Waals surface area contributed by atoms with Crippen molar-refractivity contribution in [2.45, 2.75) is 6.54 Å². The summed E-state index contributed by atoms with van der Waals surface area (Å²) in [6, 6.07) is 19.7. The Kier molecular flexibility index (Phi) is 4.78. The van der Waals surface area contributed by atoms with Gasteiger partial charge in [0.05, 0.1) is 18.3 Å². The Morgan fingerprint density at radius 3 is 2.70 bits per heavy atom. The van der Waals surface area contributed by atoms with E-state index in [1.807, 2.05) is 60.7 Å². The number of fused-ring (bicyclic) bond motifs is 1. The van der Waals surface area contributed by atoms with Crippen LogP contribution in [0.3, 0.4) is 0 Å². The monoisotopic (exact) mass is 357 g/mol. The molecule has 0 saturated carbocycles. The van der Waals surface area contributed by atoms with Gasteiger partial charge in [-0.2, -0.15) is 4.98 Å². The SMILES string of the molecule is COc1ccccc1CNc1ccnc(Nc2cccc3cccnc23)n1. The Hall–Kier alpha value is -3.67. The van der Waals surface area contributed by atoms with Crippen LogP contribution in [0, 0.1) is 0 Å². The lowest BCUT2D eigenvalue weighted by Gasteiger charge is -2.11. The third kappa shape index (κ3) is 3.79. The van der Waals surface area contributed by atoms with Crippen molar-refractivity contribution in [2.24, 2.45) is 0 Å². The largest absolute Gasteiger partial charge is 0.496 e. The Balaban J connectivity index is 1.52. The highest BCUT2D eigenvalue weighted by Gasteiger charge is 2.06. The number of ether oxygens (including phenoxy) is 1. The molecule has 2 heterocycles. The molecule has 2 N–H and O–H groups in total. The quantitative estimate of drug-likeness (QED) is 0.533. The number of rotatable bonds is 6. The molecule has 0 saturated heterocycles. The van der Waals surface area contributed by atoms with Crippen molar-refractivity contribution in [3.63, 3.8) is 0 Å². The van der Waals surface area contributed by atoms with Gasteiger partial charge in [0.1, 0.15) is 11.6 Å². The summed E-state index contributed by atoms with van der Waals surface area (Å²) in [6.45, 7) is 0.607. The number of nitrogens with zero attached hydrogens (tertiary/aromatic N) is 3. The van der Waals surface area contributed by atoms with Gasteiger partial charge in [-0.3, -0.25) is 4.98 Å². The van der Waals surface area contributed by atoms with Crippen molar-refractivity contribution in [3.8, 4) is 5.75 Å². The van der Waals surface area contributed by atoms with Crippen molar-refractivity contribution in [1.29, 1.82) is 0 Å². The number of hydrogen-bond acceptors (Lipinski definition) is 6. The van der Waals surface area contributed by atoms with Crippen LogP contribution in [-0.4, -0.2) is 22.1 Å². The fraction of sp³-hybridized carbons (Fsp3) is 0.0952. The van der Waals surface area contributed by atoms with E-state index in [1.54, 1.807) is 19.5 Å². The number of pyridine rings is 1. The number of hydrogen-bond donors (Lipinski definition) is 2. The maximum absolute atomic E-state index is 5.39. The molecule has 0 aliphatic rings. The summed E-state index contributed by atoms with van der Waals surface area (Å²) in [5, 5.41) is 7.63. The van der Waals surface area contributed by atoms with Gasteiger partial charge in [0.15, 0.2) is 0 Å². The lowest BCUT2D eigenvalue weighted by molar-refractivity contribution is 0.410. The third-order valence-corrected chi connectivity index (χ3v) is 4.19. The van der Waals surface area contributed by atoms with E-state index < -0.39 is 0 Å². The van der Waals surface area contributed by atoms with E-state index in [0.29, 0.717) is 12.5 Å². The van der Waals surface area contributed by atoms with Crippen molar-refractivity contribution in [3.05, 3.63) is 78.6 Å². The molecule has 134 valence electrons. The number of benzene rings is 2. The van der Waals surface area contributed by atoms with E-state index in [9.17, 15) is 0 Å². The molecule has 6 heteroatoms. The molecule has 0 aliphatic heterocycles. The van der Waals surface area contributed by atoms with Gasteiger partial charge in [-0.15, -0.1) is 0 Å². The van der Waals surface area contributed by atoms with E-state index >= 15 is 0 Å². The molecule has 4 aromatic rings. The highest BCUT2D eigenvalue weighted by Crippen LogP contribution is 2.23. The third-order valence-electron chi connectivity index (χ3n) is 4.19. The molecule has 0 bridgehead atoms. The van der Waals surface area contributed by atoms with E-state index in [0.717, 1.165) is 33.7 Å². The number of methoxy groups -OCH3 is 1. The fourth-order valence-electron chi connectivity index (χ4n) is 2.88. The number of aromatic nitrogens is 3. The molecule has 27 heavy (non-hydrogen) atoms. The molecule has 0 fully saturated rings. The second-order valence-electron chi connectivity index (χ2n) is 5.94. The summed E-state index contributed by atoms with van der Waals surface area (Å²) < 4.78 is 5.39. The molecule has 0 spiro atoms. The van der Waals surface area contributed by atoms with E-state index in [4.69, 9.17) is 4.74 Å². The summed E-state index contributed by atoms with van der Waals surface area (Å²) >= 11 is 0. The van der Waals surface area contributed by atoms with Gasteiger partial charge in [-0.25, -0.2) is 4.98 Å². The van der Waals surface area contributed by atoms with Crippen LogP contribution in [0.5, 0.6) is 5.75 Å². The van der Waals surface area contributed by atoms with Crippen LogP contribution < -0.4 is 15.4 Å². The zero-order chi connectivity index (χ0) is 18.5. The first-order chi connectivity index (χ1) is 13.3. The molecular formula is C21H19N5O. The first-order valence-electron chi connectivity index (χ1n) is 8.63. The maximum Gasteiger partial charge on any atom is 0.229 e. The molecule has 2 aromatic carbocycles. The fourth-order valence-corrected chi connectivity index (χ4v) is 2.88. The molecule has 0 unspecified atom stereocenters. The second kappa shape index (κ2) is 7.70. The summed E-state index contributed by atoms with van der Waals surface area (Å²) in [4.78, 5) is 13.3. The minimum Gasteiger partial charge on any atom is -0.496 e. The molecule has 0 aliphatic carbocycles. The average molecular weight is 357 g/mol. The molecule has 0 radical (unpaired) electrons. The lowest BCUT2D eigenvalue weighted by atomic mass is 10.2. The maximum atomic E-state index is 5.39. The Morgan fingerprint density at radius 1 is 0.889 bits per heavy atom. The topological polar surface area (TPSA) is 72.0 Å². The Morgan fingerprint density at radius 2 is 1.78 bits per heavy atom. The zero-order valence-electron chi connectivity index (χ0n) is 14.9. The minimum atomic E-state index is 0.512. The Bertz CT molecular complexity index is 1060. The number of para-hydroxylation sites is 2. The van der Waals surface area contributed by atoms with Crippen LogP contribution in [0.1, 0.15) is 5.56 Å². The van der Waals surface area contributed by atoms with Gasteiger partial charge in [-0.05, 0) is 24.3 Å². The minimum absolute atomic E-state index is 0.512. The molecule has 4 rings (SSSR count). The zero-order valence-corrected chi connectivity index (χ0v) is 14.9. The summed E-state index contributed by atoms with van der Waals surface area (Å²) in [5.41, 5.74) is 2.82. The number of nitrogens with one attached hydrogen (secondary N) is 2. The van der Waals surface area contributed by atoms with Crippen LogP contribution in [0.4, 0.5) is 17.5 Å². The van der Waals surface area contributed by atoms with Gasteiger partial charge >= 0.3 is 0 Å². The molecule has 2 aromatic heterocycles. The van der Waals surface area contributed by atoms with Crippen LogP contribution in [0.2, 0.25) is 0 Å². The normalized spacial score (nSPS) is 10.6. The summed E-state index contributed by atoms with van der Waals surface area (Å²) in [7, 11) is 1.67. The van der Waals surface area contributed by atoms with Gasteiger partial charge in [0.2, 0.25) is 5.95 Å². The predicted octanol–water partition coefficient (Wildman–Crippen LogP) is 4.39. The van der Waals surface area contributed by atoms with Crippen molar-refractivity contribution >= 4 is 28.4 Å². The van der Waals surface area contributed by atoms with Crippen molar-refractivity contribution in [1.82, 2.24) is 15.0 Å². The van der Waals surface area contributed by atoms with Gasteiger partial charge in [-0.1, -0.05) is 36.4 Å². The second-order valence-corrected chi connectivity index (χ2v) is 5.94. The highest BCUT2D eigenvalue weighted by atomic mass is 16.5. The number of anilines is 3. The van der Waals surface area contributed by atoms with E-state index in [-0.39, 0.29) is 0 Å². The summed E-state index contributed by atoms with van der Waals surface area (Å²) in [5.74, 6) is 2.09. The first-order valence-corrected chi connectivity index (χ1v) is 8.63. The highest BCUT2D eigenvalue weighted by molar-refractivity contribution is 5.91. The molecular weight excluding hydrogens is 338 g/mol. The van der Waals surface area contributed by atoms with Crippen molar-refractivity contribution < 1.29 is 4.74 Å². The van der Waals surface area contributed by atoms with E-state index in [1.165, 1.54) is 0 Å². The van der Waals surface area contributed by atoms with Crippen LogP contribution in [0.15, 0.2) is 73.1 Å². The molecule has 6 nitrogen and oxygen atoms in total. The Labute approximate surface area is 157 Å². The van der Waals surface area contributed by atoms with Gasteiger partial charge in [0.25, 0.3) is 0 Å². The van der Waals surface area contributed by atoms with Gasteiger partial charge in [0, 0.05) is 29.9 Å². The van der Waals surface area contributed by atoms with E-state index in [2.05, 4.69) is 25.6 Å². The predicted molar refractivity (Wildman–Crippen MR) is 107 cm³/mol. The van der Waals surface area contributed by atoms with Gasteiger partial charge < -0.3 is 15.4 Å². The van der Waals surface area contributed by atoms with Crippen LogP contribution in [-0.2, 0) is 6.54 Å².